The standard InChI is InChI=1S/C14H14BrN5S/c1-9(21-11-4-2-10(15)3-5-11)6-16-13-12-7-19-20-14(12)18-8-17-13/h2-5,7-9H,6H2,1H3,(H2,16,17,18,19,20). The number of aromatic amines is 1. The second-order valence-electron chi connectivity index (χ2n) is 4.62. The molecule has 0 spiro atoms. The number of rotatable bonds is 5. The van der Waals surface area contributed by atoms with E-state index in [1.54, 1.807) is 6.20 Å². The van der Waals surface area contributed by atoms with Crippen molar-refractivity contribution in [2.45, 2.75) is 17.1 Å². The summed E-state index contributed by atoms with van der Waals surface area (Å²) in [4.78, 5) is 9.65. The third kappa shape index (κ3) is 3.54. The third-order valence-corrected chi connectivity index (χ3v) is 4.60. The number of hydrogen-bond acceptors (Lipinski definition) is 5. The summed E-state index contributed by atoms with van der Waals surface area (Å²) >= 11 is 5.28. The maximum absolute atomic E-state index is 4.27. The Labute approximate surface area is 135 Å². The largest absolute Gasteiger partial charge is 0.368 e. The van der Waals surface area contributed by atoms with Gasteiger partial charge in [0.15, 0.2) is 5.65 Å². The predicted octanol–water partition coefficient (Wildman–Crippen LogP) is 3.71. The van der Waals surface area contributed by atoms with Crippen molar-refractivity contribution >= 4 is 44.5 Å². The smallest absolute Gasteiger partial charge is 0.160 e. The number of fused-ring (bicyclic) bond motifs is 1. The molecule has 0 radical (unpaired) electrons. The Bertz CT molecular complexity index is 728. The van der Waals surface area contributed by atoms with Crippen LogP contribution in [0.4, 0.5) is 5.82 Å². The molecule has 0 fully saturated rings. The zero-order chi connectivity index (χ0) is 14.7. The van der Waals surface area contributed by atoms with Crippen LogP contribution in [0.15, 0.2) is 46.2 Å². The van der Waals surface area contributed by atoms with E-state index in [4.69, 9.17) is 0 Å². The van der Waals surface area contributed by atoms with Crippen molar-refractivity contribution in [3.8, 4) is 0 Å². The van der Waals surface area contributed by atoms with Gasteiger partial charge in [0, 0.05) is 21.2 Å². The molecule has 1 unspecified atom stereocenters. The van der Waals surface area contributed by atoms with E-state index >= 15 is 0 Å². The zero-order valence-electron chi connectivity index (χ0n) is 11.4. The minimum atomic E-state index is 0.420. The van der Waals surface area contributed by atoms with Crippen LogP contribution in [-0.4, -0.2) is 32.0 Å². The number of hydrogen-bond donors (Lipinski definition) is 2. The van der Waals surface area contributed by atoms with Gasteiger partial charge in [-0.25, -0.2) is 9.97 Å². The van der Waals surface area contributed by atoms with E-state index in [0.29, 0.717) is 5.25 Å². The molecule has 0 amide bonds. The molecular weight excluding hydrogens is 350 g/mol. The minimum Gasteiger partial charge on any atom is -0.368 e. The van der Waals surface area contributed by atoms with Crippen LogP contribution in [0, 0.1) is 0 Å². The number of thioether (sulfide) groups is 1. The summed E-state index contributed by atoms with van der Waals surface area (Å²) in [5.74, 6) is 0.817. The van der Waals surface area contributed by atoms with E-state index in [2.05, 4.69) is 72.6 Å². The van der Waals surface area contributed by atoms with Crippen molar-refractivity contribution in [3.05, 3.63) is 41.3 Å². The van der Waals surface area contributed by atoms with E-state index in [-0.39, 0.29) is 0 Å². The number of benzene rings is 1. The molecule has 3 rings (SSSR count). The lowest BCUT2D eigenvalue weighted by Crippen LogP contribution is -2.14. The van der Waals surface area contributed by atoms with Crippen LogP contribution in [0.5, 0.6) is 0 Å². The molecule has 1 aromatic carbocycles. The van der Waals surface area contributed by atoms with Gasteiger partial charge in [0.1, 0.15) is 12.1 Å². The summed E-state index contributed by atoms with van der Waals surface area (Å²) in [6, 6.07) is 8.35. The van der Waals surface area contributed by atoms with Crippen molar-refractivity contribution in [2.75, 3.05) is 11.9 Å². The molecule has 0 saturated carbocycles. The first-order valence-electron chi connectivity index (χ1n) is 6.52. The van der Waals surface area contributed by atoms with Gasteiger partial charge in [-0.1, -0.05) is 22.9 Å². The molecule has 0 aliphatic rings. The number of aromatic nitrogens is 4. The van der Waals surface area contributed by atoms with Crippen LogP contribution in [-0.2, 0) is 0 Å². The first-order valence-corrected chi connectivity index (χ1v) is 8.20. The van der Waals surface area contributed by atoms with Crippen LogP contribution in [0.2, 0.25) is 0 Å². The summed E-state index contributed by atoms with van der Waals surface area (Å²) < 4.78 is 1.10. The molecule has 1 atom stereocenters. The van der Waals surface area contributed by atoms with Gasteiger partial charge in [0.2, 0.25) is 0 Å². The Kier molecular flexibility index (Phi) is 4.40. The Morgan fingerprint density at radius 2 is 2.10 bits per heavy atom. The molecule has 0 aliphatic carbocycles. The fraction of sp³-hybridized carbons (Fsp3) is 0.214. The van der Waals surface area contributed by atoms with Gasteiger partial charge in [-0.15, -0.1) is 11.8 Å². The van der Waals surface area contributed by atoms with Crippen LogP contribution in [0.1, 0.15) is 6.92 Å². The number of H-pyrrole nitrogens is 1. The predicted molar refractivity (Wildman–Crippen MR) is 89.6 cm³/mol. The summed E-state index contributed by atoms with van der Waals surface area (Å²) in [7, 11) is 0. The Morgan fingerprint density at radius 3 is 2.90 bits per heavy atom. The topological polar surface area (TPSA) is 66.5 Å². The van der Waals surface area contributed by atoms with Crippen molar-refractivity contribution in [1.29, 1.82) is 0 Å². The first-order chi connectivity index (χ1) is 10.2. The van der Waals surface area contributed by atoms with Crippen molar-refractivity contribution in [2.24, 2.45) is 0 Å². The number of halogens is 1. The maximum atomic E-state index is 4.27. The molecule has 7 heteroatoms. The Balaban J connectivity index is 1.62. The van der Waals surface area contributed by atoms with Gasteiger partial charge in [0.05, 0.1) is 11.6 Å². The lowest BCUT2D eigenvalue weighted by Gasteiger charge is -2.13. The van der Waals surface area contributed by atoms with Crippen LogP contribution < -0.4 is 5.32 Å². The normalized spacial score (nSPS) is 12.5. The van der Waals surface area contributed by atoms with Gasteiger partial charge in [-0.2, -0.15) is 5.10 Å². The van der Waals surface area contributed by atoms with E-state index in [9.17, 15) is 0 Å². The van der Waals surface area contributed by atoms with Gasteiger partial charge in [0.25, 0.3) is 0 Å². The second-order valence-corrected chi connectivity index (χ2v) is 7.05. The average Bonchev–Trinajstić information content (AvgIpc) is 2.96. The third-order valence-electron chi connectivity index (χ3n) is 2.96. The Morgan fingerprint density at radius 1 is 1.29 bits per heavy atom. The summed E-state index contributed by atoms with van der Waals surface area (Å²) in [6.45, 7) is 3.01. The number of anilines is 1. The second kappa shape index (κ2) is 6.44. The Hall–Kier alpha value is -1.60. The van der Waals surface area contributed by atoms with E-state index < -0.39 is 0 Å². The highest BCUT2D eigenvalue weighted by molar-refractivity contribution is 9.10. The molecule has 3 aromatic rings. The molecule has 108 valence electrons. The number of nitrogens with zero attached hydrogens (tertiary/aromatic N) is 3. The lowest BCUT2D eigenvalue weighted by molar-refractivity contribution is 0.987. The van der Waals surface area contributed by atoms with E-state index in [0.717, 1.165) is 27.9 Å². The highest BCUT2D eigenvalue weighted by Gasteiger charge is 2.08. The highest BCUT2D eigenvalue weighted by atomic mass is 79.9. The van der Waals surface area contributed by atoms with Gasteiger partial charge in [-0.05, 0) is 24.3 Å². The molecule has 5 nitrogen and oxygen atoms in total. The quantitative estimate of drug-likeness (QED) is 0.676. The molecule has 0 aliphatic heterocycles. The monoisotopic (exact) mass is 363 g/mol. The van der Waals surface area contributed by atoms with Gasteiger partial charge in [-0.3, -0.25) is 5.10 Å². The summed E-state index contributed by atoms with van der Waals surface area (Å²) in [6.07, 6.45) is 3.28. The summed E-state index contributed by atoms with van der Waals surface area (Å²) in [5.41, 5.74) is 0.751. The van der Waals surface area contributed by atoms with Crippen molar-refractivity contribution in [3.63, 3.8) is 0 Å². The lowest BCUT2D eigenvalue weighted by atomic mass is 10.4. The fourth-order valence-electron chi connectivity index (χ4n) is 1.93. The average molecular weight is 364 g/mol. The van der Waals surface area contributed by atoms with E-state index in [1.165, 1.54) is 11.2 Å². The van der Waals surface area contributed by atoms with Gasteiger partial charge >= 0.3 is 0 Å². The molecule has 21 heavy (non-hydrogen) atoms. The van der Waals surface area contributed by atoms with Crippen LogP contribution in [0.3, 0.4) is 0 Å². The molecule has 0 bridgehead atoms. The molecular formula is C14H14BrN5S. The van der Waals surface area contributed by atoms with Gasteiger partial charge < -0.3 is 5.32 Å². The van der Waals surface area contributed by atoms with Crippen LogP contribution in [0.25, 0.3) is 11.0 Å². The zero-order valence-corrected chi connectivity index (χ0v) is 13.8. The van der Waals surface area contributed by atoms with E-state index in [1.807, 2.05) is 11.8 Å². The SMILES string of the molecule is CC(CNc1ncnc2[nH]ncc12)Sc1ccc(Br)cc1. The molecule has 2 aromatic heterocycles. The molecule has 2 heterocycles. The van der Waals surface area contributed by atoms with Crippen molar-refractivity contribution in [1.82, 2.24) is 20.2 Å². The molecule has 2 N–H and O–H groups in total. The molecule has 0 saturated heterocycles. The summed E-state index contributed by atoms with van der Waals surface area (Å²) in [5, 5.41) is 11.5. The first kappa shape index (κ1) is 14.3. The maximum Gasteiger partial charge on any atom is 0.160 e. The van der Waals surface area contributed by atoms with Crippen LogP contribution >= 0.6 is 27.7 Å². The van der Waals surface area contributed by atoms with Crippen molar-refractivity contribution < 1.29 is 0 Å². The highest BCUT2D eigenvalue weighted by Crippen LogP contribution is 2.25. The fourth-order valence-corrected chi connectivity index (χ4v) is 3.12. The minimum absolute atomic E-state index is 0.420. The number of nitrogens with one attached hydrogen (secondary N) is 2.